The van der Waals surface area contributed by atoms with Crippen molar-refractivity contribution >= 4 is 0 Å². The Labute approximate surface area is 124 Å². The zero-order chi connectivity index (χ0) is 14.7. The Bertz CT molecular complexity index is 754. The first kappa shape index (κ1) is 13.3. The third-order valence-corrected chi connectivity index (χ3v) is 3.38. The fourth-order valence-electron chi connectivity index (χ4n) is 2.35. The maximum Gasteiger partial charge on any atom is 0.128 e. The van der Waals surface area contributed by atoms with Gasteiger partial charge in [0.2, 0.25) is 0 Å². The highest BCUT2D eigenvalue weighted by atomic mass is 16.5. The van der Waals surface area contributed by atoms with E-state index >= 15 is 0 Å². The topological polar surface area (TPSA) is 35.0 Å². The van der Waals surface area contributed by atoms with Crippen LogP contribution in [0.1, 0.15) is 5.69 Å². The van der Waals surface area contributed by atoms with Crippen molar-refractivity contribution in [2.75, 3.05) is 7.11 Å². The summed E-state index contributed by atoms with van der Waals surface area (Å²) in [5.74, 6) is 0.804. The Hall–Kier alpha value is -2.68. The molecule has 3 rings (SSSR count). The minimum atomic E-state index is 0.804. The summed E-state index contributed by atoms with van der Waals surface area (Å²) < 4.78 is 5.39. The highest BCUT2D eigenvalue weighted by molar-refractivity contribution is 5.69. The summed E-state index contributed by atoms with van der Waals surface area (Å²) in [7, 11) is 1.66. The van der Waals surface area contributed by atoms with Crippen LogP contribution in [0.3, 0.4) is 0 Å². The second kappa shape index (κ2) is 5.75. The standard InChI is InChI=1S/C18H16N2O/c1-13-18(14-8-4-3-5-9-14)19-12-16(20-13)15-10-6-7-11-17(15)21-2/h3-12H,1-2H3. The van der Waals surface area contributed by atoms with E-state index < -0.39 is 0 Å². The number of para-hydroxylation sites is 1. The first-order chi connectivity index (χ1) is 10.3. The molecule has 3 heteroatoms. The molecular weight excluding hydrogens is 260 g/mol. The molecule has 2 aromatic carbocycles. The highest BCUT2D eigenvalue weighted by Crippen LogP contribution is 2.29. The van der Waals surface area contributed by atoms with E-state index in [9.17, 15) is 0 Å². The van der Waals surface area contributed by atoms with Crippen molar-refractivity contribution in [2.24, 2.45) is 0 Å². The molecule has 0 saturated carbocycles. The summed E-state index contributed by atoms with van der Waals surface area (Å²) in [6.45, 7) is 1.98. The molecule has 1 aromatic heterocycles. The first-order valence-electron chi connectivity index (χ1n) is 6.82. The molecule has 0 aliphatic carbocycles. The maximum atomic E-state index is 5.39. The molecule has 104 valence electrons. The number of benzene rings is 2. The summed E-state index contributed by atoms with van der Waals surface area (Å²) in [5, 5.41) is 0. The van der Waals surface area contributed by atoms with Crippen LogP contribution in [0.25, 0.3) is 22.5 Å². The monoisotopic (exact) mass is 276 g/mol. The Balaban J connectivity index is 2.06. The van der Waals surface area contributed by atoms with Crippen molar-refractivity contribution in [3.05, 3.63) is 66.5 Å². The lowest BCUT2D eigenvalue weighted by Gasteiger charge is -2.10. The van der Waals surface area contributed by atoms with Crippen LogP contribution in [-0.4, -0.2) is 17.1 Å². The van der Waals surface area contributed by atoms with Crippen molar-refractivity contribution in [1.82, 2.24) is 9.97 Å². The highest BCUT2D eigenvalue weighted by Gasteiger charge is 2.10. The molecule has 0 radical (unpaired) electrons. The molecule has 0 unspecified atom stereocenters. The van der Waals surface area contributed by atoms with Gasteiger partial charge >= 0.3 is 0 Å². The number of hydrogen-bond donors (Lipinski definition) is 0. The van der Waals surface area contributed by atoms with Crippen molar-refractivity contribution < 1.29 is 4.74 Å². The number of methoxy groups -OCH3 is 1. The minimum Gasteiger partial charge on any atom is -0.496 e. The van der Waals surface area contributed by atoms with Crippen LogP contribution in [-0.2, 0) is 0 Å². The van der Waals surface area contributed by atoms with E-state index in [-0.39, 0.29) is 0 Å². The Morgan fingerprint density at radius 3 is 2.33 bits per heavy atom. The van der Waals surface area contributed by atoms with E-state index in [1.807, 2.05) is 61.5 Å². The predicted molar refractivity (Wildman–Crippen MR) is 84.2 cm³/mol. The maximum absolute atomic E-state index is 5.39. The van der Waals surface area contributed by atoms with Gasteiger partial charge in [0.15, 0.2) is 0 Å². The van der Waals surface area contributed by atoms with Gasteiger partial charge < -0.3 is 4.74 Å². The molecular formula is C18H16N2O. The van der Waals surface area contributed by atoms with Gasteiger partial charge in [-0.1, -0.05) is 42.5 Å². The van der Waals surface area contributed by atoms with Crippen LogP contribution in [0, 0.1) is 6.92 Å². The van der Waals surface area contributed by atoms with Gasteiger partial charge in [-0.05, 0) is 19.1 Å². The molecule has 0 atom stereocenters. The fourth-order valence-corrected chi connectivity index (χ4v) is 2.35. The van der Waals surface area contributed by atoms with E-state index in [0.717, 1.165) is 34.0 Å². The summed E-state index contributed by atoms with van der Waals surface area (Å²) in [4.78, 5) is 9.27. The summed E-state index contributed by atoms with van der Waals surface area (Å²) >= 11 is 0. The van der Waals surface area contributed by atoms with Crippen LogP contribution >= 0.6 is 0 Å². The average molecular weight is 276 g/mol. The van der Waals surface area contributed by atoms with Crippen LogP contribution in [0.5, 0.6) is 5.75 Å². The third-order valence-electron chi connectivity index (χ3n) is 3.38. The fraction of sp³-hybridized carbons (Fsp3) is 0.111. The lowest BCUT2D eigenvalue weighted by molar-refractivity contribution is 0.416. The number of aromatic nitrogens is 2. The smallest absolute Gasteiger partial charge is 0.128 e. The number of aryl methyl sites for hydroxylation is 1. The van der Waals surface area contributed by atoms with E-state index in [2.05, 4.69) is 9.97 Å². The average Bonchev–Trinajstić information content (AvgIpc) is 2.55. The zero-order valence-corrected chi connectivity index (χ0v) is 12.1. The van der Waals surface area contributed by atoms with Crippen molar-refractivity contribution in [3.63, 3.8) is 0 Å². The normalized spacial score (nSPS) is 10.4. The van der Waals surface area contributed by atoms with Gasteiger partial charge in [0, 0.05) is 11.1 Å². The number of hydrogen-bond acceptors (Lipinski definition) is 3. The van der Waals surface area contributed by atoms with Gasteiger partial charge in [0.1, 0.15) is 5.75 Å². The molecule has 3 aromatic rings. The van der Waals surface area contributed by atoms with Crippen LogP contribution in [0.4, 0.5) is 0 Å². The molecule has 0 saturated heterocycles. The van der Waals surface area contributed by atoms with Gasteiger partial charge in [-0.3, -0.25) is 4.98 Å². The minimum absolute atomic E-state index is 0.804. The van der Waals surface area contributed by atoms with Crippen molar-refractivity contribution in [3.8, 4) is 28.3 Å². The van der Waals surface area contributed by atoms with Gasteiger partial charge in [-0.25, -0.2) is 4.98 Å². The van der Waals surface area contributed by atoms with Crippen molar-refractivity contribution in [2.45, 2.75) is 6.92 Å². The van der Waals surface area contributed by atoms with E-state index in [4.69, 9.17) is 4.74 Å². The summed E-state index contributed by atoms with van der Waals surface area (Å²) in [5.41, 5.74) is 4.67. The number of ether oxygens (including phenoxy) is 1. The molecule has 0 aliphatic rings. The number of rotatable bonds is 3. The molecule has 0 amide bonds. The molecule has 3 nitrogen and oxygen atoms in total. The first-order valence-corrected chi connectivity index (χ1v) is 6.82. The summed E-state index contributed by atoms with van der Waals surface area (Å²) in [6.07, 6.45) is 1.80. The largest absolute Gasteiger partial charge is 0.496 e. The van der Waals surface area contributed by atoms with E-state index in [1.165, 1.54) is 0 Å². The molecule has 0 N–H and O–H groups in total. The zero-order valence-electron chi connectivity index (χ0n) is 12.1. The van der Waals surface area contributed by atoms with Crippen molar-refractivity contribution in [1.29, 1.82) is 0 Å². The molecule has 0 aliphatic heterocycles. The molecule has 21 heavy (non-hydrogen) atoms. The third kappa shape index (κ3) is 2.63. The second-order valence-corrected chi connectivity index (χ2v) is 4.76. The van der Waals surface area contributed by atoms with Gasteiger partial charge in [0.05, 0.1) is 30.4 Å². The lowest BCUT2D eigenvalue weighted by Crippen LogP contribution is -1.96. The molecule has 1 heterocycles. The van der Waals surface area contributed by atoms with E-state index in [0.29, 0.717) is 0 Å². The summed E-state index contributed by atoms with van der Waals surface area (Å²) in [6, 6.07) is 17.9. The van der Waals surface area contributed by atoms with E-state index in [1.54, 1.807) is 13.3 Å². The Morgan fingerprint density at radius 2 is 1.62 bits per heavy atom. The Kier molecular flexibility index (Phi) is 3.65. The van der Waals surface area contributed by atoms with Gasteiger partial charge in [-0.15, -0.1) is 0 Å². The Morgan fingerprint density at radius 1 is 0.905 bits per heavy atom. The predicted octanol–water partition coefficient (Wildman–Crippen LogP) is 4.13. The quantitative estimate of drug-likeness (QED) is 0.721. The molecule has 0 bridgehead atoms. The van der Waals surface area contributed by atoms with Crippen LogP contribution in [0.2, 0.25) is 0 Å². The van der Waals surface area contributed by atoms with Gasteiger partial charge in [0.25, 0.3) is 0 Å². The van der Waals surface area contributed by atoms with Crippen LogP contribution in [0.15, 0.2) is 60.8 Å². The SMILES string of the molecule is COc1ccccc1-c1cnc(-c2ccccc2)c(C)n1. The second-order valence-electron chi connectivity index (χ2n) is 4.76. The lowest BCUT2D eigenvalue weighted by atomic mass is 10.1. The number of nitrogens with zero attached hydrogens (tertiary/aromatic N) is 2. The molecule has 0 spiro atoms. The van der Waals surface area contributed by atoms with Crippen LogP contribution < -0.4 is 4.74 Å². The molecule has 0 fully saturated rings. The van der Waals surface area contributed by atoms with Gasteiger partial charge in [-0.2, -0.15) is 0 Å².